The van der Waals surface area contributed by atoms with Crippen LogP contribution >= 0.6 is 0 Å². The molecule has 0 bridgehead atoms. The van der Waals surface area contributed by atoms with Crippen molar-refractivity contribution in [1.82, 2.24) is 0 Å². The van der Waals surface area contributed by atoms with E-state index in [4.69, 9.17) is 0 Å². The van der Waals surface area contributed by atoms with Crippen molar-refractivity contribution in [3.63, 3.8) is 0 Å². The monoisotopic (exact) mass is 800 g/mol. The Labute approximate surface area is 372 Å². The topological polar surface area (TPSA) is 121 Å². The van der Waals surface area contributed by atoms with Crippen molar-refractivity contribution in [2.75, 3.05) is 34.4 Å². The van der Waals surface area contributed by atoms with E-state index in [1.807, 2.05) is 6.07 Å². The van der Waals surface area contributed by atoms with Crippen LogP contribution in [0.25, 0.3) is 21.5 Å². The summed E-state index contributed by atoms with van der Waals surface area (Å²) in [6.07, 6.45) is 14.5. The molecule has 8 nitrogen and oxygen atoms in total. The molecule has 0 spiro atoms. The van der Waals surface area contributed by atoms with E-state index in [0.29, 0.717) is 38.8 Å². The van der Waals surface area contributed by atoms with Crippen molar-refractivity contribution in [2.24, 2.45) is 0 Å². The van der Waals surface area contributed by atoms with E-state index in [9.17, 15) is 25.9 Å². The molecule has 0 aromatic heterocycles. The Hall–Kier alpha value is -1.96. The maximum absolute atomic E-state index is 11.3. The molecule has 1 unspecified atom stereocenters. The fourth-order valence-corrected chi connectivity index (χ4v) is 9.64. The quantitative estimate of drug-likeness (QED) is 0.0780. The number of unbranched alkanes of at least 4 members (excludes halogenated alkanes) is 3. The standard InChI is InChI=1S/C43H52N2O6S2.2Na/c1-42(2)38(44(28-14-16-30-52(46,47)48)36-26-24-32-18-10-12-20-34(32)40(36)42)22-8-6-5-7-9-23-39-43(3,4)41-35-21-13-11-19-33(35)25-27-37(41)45(39)29-15-17-31-53(49,50)51;;/h6,8-13,18-27,39H,5,7,14-17,28-31H2,1-4H3,(H,46,47,48)(H,49,50,51);;/q;2*+1/p-2/b8-6+,23-9+,38-22?;;. The second kappa shape index (κ2) is 18.7. The van der Waals surface area contributed by atoms with Gasteiger partial charge in [0.1, 0.15) is 0 Å². The predicted octanol–water partition coefficient (Wildman–Crippen LogP) is 2.69. The van der Waals surface area contributed by atoms with Gasteiger partial charge in [0, 0.05) is 52.5 Å². The number of allylic oxidation sites excluding steroid dienone is 5. The van der Waals surface area contributed by atoms with Crippen LogP contribution in [-0.4, -0.2) is 56.6 Å². The molecular formula is C43H50N2Na2O6S2. The average Bonchev–Trinajstić information content (AvgIpc) is 3.45. The molecule has 2 aliphatic rings. The Kier molecular flexibility index (Phi) is 15.6. The van der Waals surface area contributed by atoms with Crippen LogP contribution in [0.15, 0.2) is 109 Å². The largest absolute Gasteiger partial charge is 1.00 e. The van der Waals surface area contributed by atoms with Gasteiger partial charge in [0.25, 0.3) is 0 Å². The summed E-state index contributed by atoms with van der Waals surface area (Å²) >= 11 is 0. The van der Waals surface area contributed by atoms with E-state index >= 15 is 0 Å². The van der Waals surface area contributed by atoms with Gasteiger partial charge in [-0.25, -0.2) is 16.8 Å². The van der Waals surface area contributed by atoms with E-state index in [0.717, 1.165) is 29.9 Å². The minimum absolute atomic E-state index is 0. The third-order valence-corrected chi connectivity index (χ3v) is 12.5. The van der Waals surface area contributed by atoms with Crippen LogP contribution in [0.3, 0.4) is 0 Å². The Bertz CT molecular complexity index is 2300. The average molecular weight is 801 g/mol. The molecule has 2 aliphatic heterocycles. The van der Waals surface area contributed by atoms with Crippen LogP contribution in [-0.2, 0) is 31.1 Å². The molecule has 0 amide bonds. The van der Waals surface area contributed by atoms with Crippen molar-refractivity contribution >= 4 is 53.2 Å². The summed E-state index contributed by atoms with van der Waals surface area (Å²) in [6, 6.07) is 25.5. The summed E-state index contributed by atoms with van der Waals surface area (Å²) in [5, 5.41) is 4.80. The fraction of sp³-hybridized carbons (Fsp3) is 0.395. The molecule has 0 fully saturated rings. The zero-order chi connectivity index (χ0) is 38.0. The number of hydrogen-bond donors (Lipinski definition) is 0. The third-order valence-electron chi connectivity index (χ3n) is 11.0. The number of fused-ring (bicyclic) bond motifs is 6. The molecule has 0 saturated heterocycles. The second-order valence-corrected chi connectivity index (χ2v) is 18.5. The molecule has 0 radical (unpaired) electrons. The Balaban J connectivity index is 0.00000336. The normalized spacial score (nSPS) is 18.3. The van der Waals surface area contributed by atoms with Gasteiger partial charge in [-0.05, 0) is 89.4 Å². The van der Waals surface area contributed by atoms with E-state index in [2.05, 4.69) is 135 Å². The zero-order valence-electron chi connectivity index (χ0n) is 33.1. The van der Waals surface area contributed by atoms with Crippen LogP contribution in [0, 0.1) is 0 Å². The summed E-state index contributed by atoms with van der Waals surface area (Å²) in [4.78, 5) is 4.66. The molecule has 0 aliphatic carbocycles. The van der Waals surface area contributed by atoms with Gasteiger partial charge >= 0.3 is 59.1 Å². The van der Waals surface area contributed by atoms with Crippen LogP contribution in [0.4, 0.5) is 11.4 Å². The number of anilines is 2. The zero-order valence-corrected chi connectivity index (χ0v) is 38.8. The van der Waals surface area contributed by atoms with Gasteiger partial charge < -0.3 is 18.9 Å². The van der Waals surface area contributed by atoms with Crippen LogP contribution in [0.5, 0.6) is 0 Å². The van der Waals surface area contributed by atoms with Gasteiger partial charge in [-0.15, -0.1) is 0 Å². The molecule has 12 heteroatoms. The van der Waals surface area contributed by atoms with Crippen molar-refractivity contribution < 1.29 is 85.1 Å². The van der Waals surface area contributed by atoms with E-state index in [-0.39, 0.29) is 87.5 Å². The summed E-state index contributed by atoms with van der Waals surface area (Å²) < 4.78 is 67.6. The molecular weight excluding hydrogens is 751 g/mol. The predicted molar refractivity (Wildman–Crippen MR) is 216 cm³/mol. The first-order valence-electron chi connectivity index (χ1n) is 18.6. The van der Waals surface area contributed by atoms with Crippen LogP contribution in [0.2, 0.25) is 0 Å². The fourth-order valence-electron chi connectivity index (χ4n) is 8.53. The first-order chi connectivity index (χ1) is 25.1. The van der Waals surface area contributed by atoms with Crippen LogP contribution < -0.4 is 68.9 Å². The molecule has 0 N–H and O–H groups in total. The SMILES string of the molecule is CC1(C)C(=C/C=C/CC/C=C/C2N(CCCCS(=O)(=O)[O-])c3ccc4ccccc4c3C2(C)C)N(CCCCS(=O)(=O)[O-])c2ccc3ccccc3c21.[Na+].[Na+]. The molecule has 4 aromatic carbocycles. The van der Waals surface area contributed by atoms with Crippen molar-refractivity contribution in [3.8, 4) is 0 Å². The Morgan fingerprint density at radius 1 is 0.655 bits per heavy atom. The first kappa shape index (κ1) is 45.7. The van der Waals surface area contributed by atoms with Gasteiger partial charge in [0.2, 0.25) is 0 Å². The minimum Gasteiger partial charge on any atom is -0.748 e. The molecule has 282 valence electrons. The molecule has 1 atom stereocenters. The van der Waals surface area contributed by atoms with Crippen molar-refractivity contribution in [2.45, 2.75) is 83.1 Å². The molecule has 0 saturated carbocycles. The molecule has 4 aromatic rings. The Morgan fingerprint density at radius 3 is 1.78 bits per heavy atom. The summed E-state index contributed by atoms with van der Waals surface area (Å²) in [6.45, 7) is 10.3. The van der Waals surface area contributed by atoms with Crippen molar-refractivity contribution in [1.29, 1.82) is 0 Å². The van der Waals surface area contributed by atoms with Crippen molar-refractivity contribution in [3.05, 3.63) is 120 Å². The minimum atomic E-state index is -4.25. The summed E-state index contributed by atoms with van der Waals surface area (Å²) in [7, 11) is -8.50. The molecule has 55 heavy (non-hydrogen) atoms. The second-order valence-electron chi connectivity index (χ2n) is 15.4. The molecule has 6 rings (SSSR count). The third kappa shape index (κ3) is 10.4. The van der Waals surface area contributed by atoms with E-state index in [1.165, 1.54) is 32.7 Å². The van der Waals surface area contributed by atoms with Gasteiger partial charge in [-0.2, -0.15) is 0 Å². The van der Waals surface area contributed by atoms with Gasteiger partial charge in [0.05, 0.1) is 26.3 Å². The maximum atomic E-state index is 11.3. The van der Waals surface area contributed by atoms with Gasteiger partial charge in [-0.3, -0.25) is 0 Å². The number of hydrogen-bond acceptors (Lipinski definition) is 8. The van der Waals surface area contributed by atoms with Gasteiger partial charge in [0.15, 0.2) is 0 Å². The number of nitrogens with zero attached hydrogens (tertiary/aromatic N) is 2. The molecule has 2 heterocycles. The maximum Gasteiger partial charge on any atom is 1.00 e. The van der Waals surface area contributed by atoms with Gasteiger partial charge in [-0.1, -0.05) is 113 Å². The smallest absolute Gasteiger partial charge is 0.748 e. The Morgan fingerprint density at radius 2 is 1.18 bits per heavy atom. The summed E-state index contributed by atoms with van der Waals surface area (Å²) in [5.74, 6) is -0.702. The summed E-state index contributed by atoms with van der Waals surface area (Å²) in [5.41, 5.74) is 5.47. The number of benzene rings is 4. The van der Waals surface area contributed by atoms with E-state index < -0.39 is 20.2 Å². The van der Waals surface area contributed by atoms with E-state index in [1.54, 1.807) is 0 Å². The number of rotatable bonds is 15. The first-order valence-corrected chi connectivity index (χ1v) is 21.7. The van der Waals surface area contributed by atoms with Crippen LogP contribution in [0.1, 0.15) is 77.3 Å².